The van der Waals surface area contributed by atoms with E-state index in [1.165, 1.54) is 0 Å². The lowest BCUT2D eigenvalue weighted by Crippen LogP contribution is -2.11. The van der Waals surface area contributed by atoms with Crippen molar-refractivity contribution in [3.05, 3.63) is 35.9 Å². The van der Waals surface area contributed by atoms with Gasteiger partial charge in [0.05, 0.1) is 62.8 Å². The van der Waals surface area contributed by atoms with E-state index in [2.05, 4.69) is 4.98 Å². The maximum atomic E-state index is 10.4. The molecule has 0 saturated heterocycles. The van der Waals surface area contributed by atoms with Gasteiger partial charge < -0.3 is 24.1 Å². The van der Waals surface area contributed by atoms with Crippen LogP contribution in [0.25, 0.3) is 22.1 Å². The van der Waals surface area contributed by atoms with E-state index in [1.807, 2.05) is 31.2 Å². The van der Waals surface area contributed by atoms with Crippen LogP contribution in [0.5, 0.6) is 5.75 Å². The molecule has 0 atom stereocenters. The first-order valence-corrected chi connectivity index (χ1v) is 10.9. The van der Waals surface area contributed by atoms with Gasteiger partial charge in [-0.15, -0.1) is 11.8 Å². The molecule has 3 aromatic rings. The SMILES string of the molecule is COCCOCCOCCOCCSc1cc(O)c2nc3cccc(C)c3nc2c1. The number of nitrogens with zero attached hydrogens (tertiary/aromatic N) is 2. The number of benzene rings is 2. The summed E-state index contributed by atoms with van der Waals surface area (Å²) < 4.78 is 21.2. The van der Waals surface area contributed by atoms with Crippen molar-refractivity contribution >= 4 is 33.8 Å². The molecule has 0 amide bonds. The van der Waals surface area contributed by atoms with Crippen LogP contribution in [0, 0.1) is 6.92 Å². The number of aromatic hydroxyl groups is 1. The average Bonchev–Trinajstić information content (AvgIpc) is 2.74. The number of phenols is 1. The van der Waals surface area contributed by atoms with Crippen molar-refractivity contribution in [2.45, 2.75) is 11.8 Å². The topological polar surface area (TPSA) is 82.9 Å². The molecule has 2 aromatic carbocycles. The van der Waals surface area contributed by atoms with Gasteiger partial charge in [-0.3, -0.25) is 0 Å². The fourth-order valence-corrected chi connectivity index (χ4v) is 3.71. The minimum Gasteiger partial charge on any atom is -0.506 e. The fraction of sp³-hybridized carbons (Fsp3) is 0.455. The third kappa shape index (κ3) is 6.52. The molecule has 8 heteroatoms. The van der Waals surface area contributed by atoms with E-state index in [-0.39, 0.29) is 5.75 Å². The van der Waals surface area contributed by atoms with Gasteiger partial charge in [0.2, 0.25) is 0 Å². The largest absolute Gasteiger partial charge is 0.506 e. The highest BCUT2D eigenvalue weighted by atomic mass is 32.2. The van der Waals surface area contributed by atoms with Crippen LogP contribution in [0.2, 0.25) is 0 Å². The van der Waals surface area contributed by atoms with Gasteiger partial charge in [-0.25, -0.2) is 9.97 Å². The molecule has 7 nitrogen and oxygen atoms in total. The predicted octanol–water partition coefficient (Wildman–Crippen LogP) is 3.59. The van der Waals surface area contributed by atoms with Gasteiger partial charge in [-0.1, -0.05) is 12.1 Å². The van der Waals surface area contributed by atoms with Gasteiger partial charge in [0.25, 0.3) is 0 Å². The quantitative estimate of drug-likeness (QED) is 0.249. The molecule has 0 aliphatic heterocycles. The molecule has 1 heterocycles. The minimum atomic E-state index is 0.146. The molecular formula is C22H28N2O5S. The first-order valence-electron chi connectivity index (χ1n) is 9.94. The zero-order valence-electron chi connectivity index (χ0n) is 17.4. The summed E-state index contributed by atoms with van der Waals surface area (Å²) in [7, 11) is 1.65. The van der Waals surface area contributed by atoms with E-state index in [0.717, 1.165) is 27.2 Å². The highest BCUT2D eigenvalue weighted by molar-refractivity contribution is 7.99. The molecular weight excluding hydrogens is 404 g/mol. The molecule has 30 heavy (non-hydrogen) atoms. The van der Waals surface area contributed by atoms with E-state index in [4.69, 9.17) is 23.9 Å². The third-order valence-corrected chi connectivity index (χ3v) is 5.34. The summed E-state index contributed by atoms with van der Waals surface area (Å²) in [5.74, 6) is 0.915. The molecule has 0 fully saturated rings. The number of fused-ring (bicyclic) bond motifs is 2. The number of aromatic nitrogens is 2. The highest BCUT2D eigenvalue weighted by Crippen LogP contribution is 2.31. The smallest absolute Gasteiger partial charge is 0.144 e. The van der Waals surface area contributed by atoms with Crippen molar-refractivity contribution in [1.82, 2.24) is 9.97 Å². The van der Waals surface area contributed by atoms with Gasteiger partial charge in [-0.05, 0) is 30.7 Å². The lowest BCUT2D eigenvalue weighted by atomic mass is 10.2. The van der Waals surface area contributed by atoms with E-state index < -0.39 is 0 Å². The number of hydrogen-bond donors (Lipinski definition) is 1. The lowest BCUT2D eigenvalue weighted by Gasteiger charge is -2.08. The number of aryl methyl sites for hydroxylation is 1. The fourth-order valence-electron chi connectivity index (χ4n) is 2.88. The summed E-state index contributed by atoms with van der Waals surface area (Å²) in [5, 5.41) is 10.4. The highest BCUT2D eigenvalue weighted by Gasteiger charge is 2.09. The van der Waals surface area contributed by atoms with Crippen LogP contribution in [0.15, 0.2) is 35.2 Å². The number of ether oxygens (including phenoxy) is 4. The van der Waals surface area contributed by atoms with Gasteiger partial charge in [0.1, 0.15) is 11.3 Å². The van der Waals surface area contributed by atoms with Crippen molar-refractivity contribution < 1.29 is 24.1 Å². The van der Waals surface area contributed by atoms with Crippen LogP contribution < -0.4 is 0 Å². The second-order valence-electron chi connectivity index (χ2n) is 6.65. The van der Waals surface area contributed by atoms with Crippen LogP contribution in [0.1, 0.15) is 5.56 Å². The Bertz CT molecular complexity index is 954. The normalized spacial score (nSPS) is 11.5. The molecule has 1 N–H and O–H groups in total. The first kappa shape index (κ1) is 22.7. The molecule has 0 unspecified atom stereocenters. The summed E-state index contributed by atoms with van der Waals surface area (Å²) in [5.41, 5.74) is 3.93. The average molecular weight is 433 g/mol. The Morgan fingerprint density at radius 2 is 1.50 bits per heavy atom. The first-order chi connectivity index (χ1) is 14.7. The molecule has 0 aliphatic rings. The maximum absolute atomic E-state index is 10.4. The van der Waals surface area contributed by atoms with Crippen molar-refractivity contribution in [1.29, 1.82) is 0 Å². The molecule has 3 rings (SSSR count). The number of rotatable bonds is 13. The molecule has 0 spiro atoms. The predicted molar refractivity (Wildman–Crippen MR) is 119 cm³/mol. The second kappa shape index (κ2) is 12.0. The summed E-state index contributed by atoms with van der Waals surface area (Å²) in [6, 6.07) is 9.56. The Hall–Kier alpha value is -1.97. The maximum Gasteiger partial charge on any atom is 0.144 e. The van der Waals surface area contributed by atoms with Crippen LogP contribution in [-0.2, 0) is 18.9 Å². The van der Waals surface area contributed by atoms with Gasteiger partial charge in [0.15, 0.2) is 0 Å². The number of methoxy groups -OCH3 is 1. The van der Waals surface area contributed by atoms with E-state index in [1.54, 1.807) is 24.9 Å². The number of para-hydroxylation sites is 1. The Morgan fingerprint density at radius 1 is 0.833 bits per heavy atom. The van der Waals surface area contributed by atoms with Gasteiger partial charge >= 0.3 is 0 Å². The molecule has 0 saturated carbocycles. The number of phenolic OH excluding ortho intramolecular Hbond substituents is 1. The van der Waals surface area contributed by atoms with E-state index >= 15 is 0 Å². The number of thioether (sulfide) groups is 1. The molecule has 0 radical (unpaired) electrons. The molecule has 0 bridgehead atoms. The Labute approximate surface area is 180 Å². The van der Waals surface area contributed by atoms with Crippen molar-refractivity contribution in [3.63, 3.8) is 0 Å². The summed E-state index contributed by atoms with van der Waals surface area (Å²) in [4.78, 5) is 10.2. The number of hydrogen-bond acceptors (Lipinski definition) is 8. The summed E-state index contributed by atoms with van der Waals surface area (Å²) in [6.45, 7) is 5.97. The summed E-state index contributed by atoms with van der Waals surface area (Å²) in [6.07, 6.45) is 0. The zero-order valence-corrected chi connectivity index (χ0v) is 18.2. The lowest BCUT2D eigenvalue weighted by molar-refractivity contribution is 0.00565. The van der Waals surface area contributed by atoms with Gasteiger partial charge in [0, 0.05) is 17.8 Å². The van der Waals surface area contributed by atoms with Crippen molar-refractivity contribution in [2.24, 2.45) is 0 Å². The Morgan fingerprint density at radius 3 is 2.23 bits per heavy atom. The van der Waals surface area contributed by atoms with Crippen molar-refractivity contribution in [2.75, 3.05) is 59.1 Å². The van der Waals surface area contributed by atoms with Crippen LogP contribution in [0.4, 0.5) is 0 Å². The van der Waals surface area contributed by atoms with E-state index in [0.29, 0.717) is 57.3 Å². The van der Waals surface area contributed by atoms with Crippen LogP contribution in [-0.4, -0.2) is 74.2 Å². The van der Waals surface area contributed by atoms with Gasteiger partial charge in [-0.2, -0.15) is 0 Å². The molecule has 162 valence electrons. The second-order valence-corrected chi connectivity index (χ2v) is 7.82. The molecule has 0 aliphatic carbocycles. The summed E-state index contributed by atoms with van der Waals surface area (Å²) >= 11 is 1.61. The third-order valence-electron chi connectivity index (χ3n) is 4.40. The zero-order chi connectivity index (χ0) is 21.2. The van der Waals surface area contributed by atoms with Crippen LogP contribution in [0.3, 0.4) is 0 Å². The van der Waals surface area contributed by atoms with E-state index in [9.17, 15) is 5.11 Å². The Kier molecular flexibility index (Phi) is 9.10. The minimum absolute atomic E-state index is 0.146. The monoisotopic (exact) mass is 432 g/mol. The Balaban J connectivity index is 1.41. The molecule has 1 aromatic heterocycles. The van der Waals surface area contributed by atoms with Crippen molar-refractivity contribution in [3.8, 4) is 5.75 Å². The van der Waals surface area contributed by atoms with Crippen LogP contribution >= 0.6 is 11.8 Å². The standard InChI is InChI=1S/C22H28N2O5S/c1-16-4-3-5-18-21(16)24-19-14-17(15-20(25)22(19)23-18)30-13-12-29-11-10-28-9-8-27-7-6-26-2/h3-5,14-15,25H,6-13H2,1-2H3.